The van der Waals surface area contributed by atoms with Gasteiger partial charge in [0.1, 0.15) is 34.9 Å². The first-order valence-corrected chi connectivity index (χ1v) is 14.8. The average molecular weight is 568 g/mol. The first-order valence-electron chi connectivity index (χ1n) is 14.8. The van der Waals surface area contributed by atoms with E-state index in [4.69, 9.17) is 9.72 Å². The Morgan fingerprint density at radius 3 is 2.30 bits per heavy atom. The van der Waals surface area contributed by atoms with E-state index in [2.05, 4.69) is 113 Å². The molecule has 0 amide bonds. The zero-order chi connectivity index (χ0) is 29.5. The number of fused-ring (bicyclic) bond motifs is 12. The van der Waals surface area contributed by atoms with Crippen molar-refractivity contribution in [2.24, 2.45) is 0 Å². The Morgan fingerprint density at radius 1 is 0.727 bits per heavy atom. The number of para-hydroxylation sites is 1. The van der Waals surface area contributed by atoms with Gasteiger partial charge in [0.05, 0.1) is 23.5 Å². The molecule has 0 spiro atoms. The highest BCUT2D eigenvalue weighted by atomic mass is 16.5. The first-order chi connectivity index (χ1) is 21.5. The quantitative estimate of drug-likeness (QED) is 0.158. The molecule has 208 valence electrons. The third-order valence-corrected chi connectivity index (χ3v) is 8.86. The summed E-state index contributed by atoms with van der Waals surface area (Å²) in [4.78, 5) is 9.69. The number of aryl methyl sites for hydroxylation is 3. The van der Waals surface area contributed by atoms with Crippen LogP contribution >= 0.6 is 0 Å². The van der Waals surface area contributed by atoms with Crippen LogP contribution < -0.4 is 4.74 Å². The van der Waals surface area contributed by atoms with Gasteiger partial charge in [-0.25, -0.2) is 14.4 Å². The van der Waals surface area contributed by atoms with E-state index in [-0.39, 0.29) is 0 Å². The highest BCUT2D eigenvalue weighted by Gasteiger charge is 2.21. The molecule has 1 aliphatic rings. The molecule has 1 aliphatic carbocycles. The second-order valence-corrected chi connectivity index (χ2v) is 11.7. The number of rotatable bonds is 3. The minimum Gasteiger partial charge on any atom is -0.457 e. The molecule has 0 N–H and O–H groups in total. The predicted molar refractivity (Wildman–Crippen MR) is 179 cm³/mol. The Balaban J connectivity index is 1.23. The molecule has 0 fully saturated rings. The van der Waals surface area contributed by atoms with Gasteiger partial charge in [0.15, 0.2) is 11.3 Å². The fraction of sp³-hybridized carbons (Fsp3) is 0.0769. The molecule has 0 bridgehead atoms. The van der Waals surface area contributed by atoms with Crippen molar-refractivity contribution >= 4 is 55.9 Å². The fourth-order valence-corrected chi connectivity index (χ4v) is 7.14. The molecular weight excluding hydrogens is 540 g/mol. The van der Waals surface area contributed by atoms with Crippen LogP contribution in [0.3, 0.4) is 0 Å². The summed E-state index contributed by atoms with van der Waals surface area (Å²) in [6, 6.07) is 25.6. The summed E-state index contributed by atoms with van der Waals surface area (Å²) < 4.78 is 11.0. The number of nitrogens with zero attached hydrogens (tertiary/aromatic N) is 4. The lowest BCUT2D eigenvalue weighted by molar-refractivity contribution is 0.484. The van der Waals surface area contributed by atoms with Crippen LogP contribution in [0.1, 0.15) is 27.9 Å². The van der Waals surface area contributed by atoms with Gasteiger partial charge in [-0.05, 0) is 79.7 Å². The van der Waals surface area contributed by atoms with Gasteiger partial charge in [-0.3, -0.25) is 4.40 Å². The van der Waals surface area contributed by atoms with Gasteiger partial charge in [-0.1, -0.05) is 35.9 Å². The predicted octanol–water partition coefficient (Wildman–Crippen LogP) is 9.67. The lowest BCUT2D eigenvalue weighted by Crippen LogP contribution is -1.99. The lowest BCUT2D eigenvalue weighted by Gasteiger charge is -2.15. The smallest absolute Gasteiger partial charge is 0.167 e. The van der Waals surface area contributed by atoms with Gasteiger partial charge >= 0.3 is 0 Å². The Kier molecular flexibility index (Phi) is 5.14. The standard InChI is InChI=1S/C39H27N4O/c1-23-18-24(2)37(25(3)19-23)36-22-41-39-33-21-27(13-15-29(33)31-9-5-7-11-35(31)43(36)39)44-26-12-14-28-30-8-4-6-10-34(30)42-17-16-40-38(42)32(28)20-26/h4-5,7-22H,1-3H3/q+1. The third kappa shape index (κ3) is 3.51. The molecule has 0 aliphatic heterocycles. The fourth-order valence-electron chi connectivity index (χ4n) is 7.14. The molecule has 0 atom stereocenters. The highest BCUT2D eigenvalue weighted by Crippen LogP contribution is 2.39. The van der Waals surface area contributed by atoms with E-state index in [1.807, 2.05) is 36.8 Å². The van der Waals surface area contributed by atoms with Crippen LogP contribution in [-0.2, 0) is 0 Å². The SMILES string of the molecule is Cc1cc(C)c(-c2cnc3c4cc(Oc5ccc6c7c(n8ccnc8c6c5)C=[C+]C=C7)ccc4c4ccccc4n23)c(C)c1. The van der Waals surface area contributed by atoms with Crippen LogP contribution in [0.4, 0.5) is 0 Å². The number of hydrogen-bond donors (Lipinski definition) is 0. The topological polar surface area (TPSA) is 43.8 Å². The Morgan fingerprint density at radius 2 is 1.48 bits per heavy atom. The van der Waals surface area contributed by atoms with Crippen LogP contribution in [0.5, 0.6) is 11.5 Å². The van der Waals surface area contributed by atoms with Crippen molar-refractivity contribution < 1.29 is 4.74 Å². The van der Waals surface area contributed by atoms with Gasteiger partial charge in [0.25, 0.3) is 0 Å². The monoisotopic (exact) mass is 567 g/mol. The lowest BCUT2D eigenvalue weighted by atomic mass is 9.97. The van der Waals surface area contributed by atoms with E-state index in [1.54, 1.807) is 0 Å². The van der Waals surface area contributed by atoms with E-state index in [0.29, 0.717) is 0 Å². The summed E-state index contributed by atoms with van der Waals surface area (Å²) >= 11 is 0. The molecule has 44 heavy (non-hydrogen) atoms. The van der Waals surface area contributed by atoms with Gasteiger partial charge in [0.2, 0.25) is 0 Å². The van der Waals surface area contributed by atoms with Crippen molar-refractivity contribution in [1.82, 2.24) is 18.8 Å². The summed E-state index contributed by atoms with van der Waals surface area (Å²) in [6.07, 6.45) is 15.1. The zero-order valence-corrected chi connectivity index (χ0v) is 24.6. The number of pyridine rings is 2. The molecule has 0 unspecified atom stereocenters. The minimum absolute atomic E-state index is 0.760. The molecule has 9 rings (SSSR count). The molecule has 0 saturated carbocycles. The van der Waals surface area contributed by atoms with Crippen molar-refractivity contribution in [3.8, 4) is 22.8 Å². The Bertz CT molecular complexity index is 2540. The second kappa shape index (κ2) is 9.11. The molecule has 0 saturated heterocycles. The van der Waals surface area contributed by atoms with E-state index in [1.165, 1.54) is 27.6 Å². The largest absolute Gasteiger partial charge is 0.457 e. The van der Waals surface area contributed by atoms with Gasteiger partial charge < -0.3 is 4.74 Å². The first kappa shape index (κ1) is 24.8. The summed E-state index contributed by atoms with van der Waals surface area (Å²) in [5, 5.41) is 5.56. The summed E-state index contributed by atoms with van der Waals surface area (Å²) in [6.45, 7) is 6.52. The van der Waals surface area contributed by atoms with Crippen molar-refractivity contribution in [2.45, 2.75) is 20.8 Å². The summed E-state index contributed by atoms with van der Waals surface area (Å²) in [5.41, 5.74) is 11.3. The molecule has 0 radical (unpaired) electrons. The van der Waals surface area contributed by atoms with Gasteiger partial charge in [-0.15, -0.1) is 0 Å². The van der Waals surface area contributed by atoms with Crippen molar-refractivity contribution in [3.63, 3.8) is 0 Å². The van der Waals surface area contributed by atoms with Crippen LogP contribution in [0.25, 0.3) is 67.2 Å². The molecule has 5 nitrogen and oxygen atoms in total. The van der Waals surface area contributed by atoms with E-state index in [0.717, 1.165) is 66.8 Å². The number of aromatic nitrogens is 4. The second-order valence-electron chi connectivity index (χ2n) is 11.7. The maximum atomic E-state index is 6.56. The van der Waals surface area contributed by atoms with Crippen LogP contribution in [-0.4, -0.2) is 18.8 Å². The van der Waals surface area contributed by atoms with Crippen molar-refractivity contribution in [2.75, 3.05) is 0 Å². The highest BCUT2D eigenvalue weighted by molar-refractivity contribution is 6.13. The maximum absolute atomic E-state index is 6.56. The number of ether oxygens (including phenoxy) is 1. The minimum atomic E-state index is 0.760. The van der Waals surface area contributed by atoms with Crippen LogP contribution in [0.2, 0.25) is 0 Å². The maximum Gasteiger partial charge on any atom is 0.167 e. The molecule has 4 aromatic carbocycles. The average Bonchev–Trinajstić information content (AvgIpc) is 3.70. The number of allylic oxidation sites excluding steroid dienone is 2. The van der Waals surface area contributed by atoms with Crippen LogP contribution in [0, 0.1) is 26.8 Å². The van der Waals surface area contributed by atoms with E-state index >= 15 is 0 Å². The normalized spacial score (nSPS) is 12.5. The molecule has 4 aromatic heterocycles. The third-order valence-electron chi connectivity index (χ3n) is 8.86. The molecular formula is C39H27N4O+. The van der Waals surface area contributed by atoms with Gasteiger partial charge in [-0.2, -0.15) is 0 Å². The molecule has 8 aromatic rings. The molecule has 5 heteroatoms. The van der Waals surface area contributed by atoms with E-state index in [9.17, 15) is 0 Å². The number of hydrogen-bond acceptors (Lipinski definition) is 3. The van der Waals surface area contributed by atoms with Crippen LogP contribution in [0.15, 0.2) is 97.5 Å². The number of benzene rings is 4. The summed E-state index contributed by atoms with van der Waals surface area (Å²) in [5.74, 6) is 1.52. The van der Waals surface area contributed by atoms with Gasteiger partial charge in [0, 0.05) is 45.6 Å². The summed E-state index contributed by atoms with van der Waals surface area (Å²) in [7, 11) is 0. The van der Waals surface area contributed by atoms with E-state index < -0.39 is 0 Å². The zero-order valence-electron chi connectivity index (χ0n) is 24.6. The van der Waals surface area contributed by atoms with Crippen molar-refractivity contribution in [1.29, 1.82) is 0 Å². The molecule has 4 heterocycles. The Labute approximate surface area is 254 Å². The number of imidazole rings is 2. The Hall–Kier alpha value is -5.77. The van der Waals surface area contributed by atoms with Crippen molar-refractivity contribution in [3.05, 3.63) is 131 Å².